The van der Waals surface area contributed by atoms with E-state index in [0.717, 1.165) is 64.2 Å². The van der Waals surface area contributed by atoms with E-state index < -0.39 is 12.0 Å². The zero-order valence-electron chi connectivity index (χ0n) is 29.7. The average Bonchev–Trinajstić information content (AvgIpc) is 3.02. The maximum absolute atomic E-state index is 12.6. The van der Waals surface area contributed by atoms with Crippen molar-refractivity contribution in [1.29, 1.82) is 0 Å². The molecule has 0 aliphatic heterocycles. The number of aliphatic carboxylic acids is 1. The first-order chi connectivity index (χ1) is 21.9. The number of carbonyl (C=O) groups is 3. The molecule has 0 heterocycles. The van der Waals surface area contributed by atoms with Gasteiger partial charge in [0, 0.05) is 12.8 Å². The number of amides is 1. The van der Waals surface area contributed by atoms with Crippen molar-refractivity contribution in [3.63, 3.8) is 0 Å². The Balaban J connectivity index is 4.13. The lowest BCUT2D eigenvalue weighted by Crippen LogP contribution is -2.40. The Labute approximate surface area is 278 Å². The normalized spacial score (nSPS) is 12.6. The highest BCUT2D eigenvalue weighted by Gasteiger charge is 2.19. The second kappa shape index (κ2) is 33.7. The van der Waals surface area contributed by atoms with Crippen LogP contribution in [0, 0.1) is 0 Å². The SMILES string of the molecule is CCCCCCCCCCCCCCCC(=O)OC(CCCCCCCC)CCCCCCCC(=O)NC(CCCN)C(=O)O. The maximum atomic E-state index is 12.6. The third kappa shape index (κ3) is 30.8. The van der Waals surface area contributed by atoms with E-state index in [1.165, 1.54) is 103 Å². The molecule has 0 aliphatic rings. The van der Waals surface area contributed by atoms with E-state index in [9.17, 15) is 19.5 Å². The van der Waals surface area contributed by atoms with E-state index in [0.29, 0.717) is 32.2 Å². The van der Waals surface area contributed by atoms with Crippen LogP contribution in [-0.2, 0) is 19.1 Å². The van der Waals surface area contributed by atoms with Crippen molar-refractivity contribution in [2.24, 2.45) is 5.73 Å². The van der Waals surface area contributed by atoms with Gasteiger partial charge < -0.3 is 20.9 Å². The van der Waals surface area contributed by atoms with Crippen LogP contribution < -0.4 is 11.1 Å². The molecule has 0 aliphatic carbocycles. The van der Waals surface area contributed by atoms with Gasteiger partial charge in [-0.05, 0) is 57.9 Å². The summed E-state index contributed by atoms with van der Waals surface area (Å²) in [4.78, 5) is 36.1. The van der Waals surface area contributed by atoms with Gasteiger partial charge in [-0.25, -0.2) is 4.79 Å². The van der Waals surface area contributed by atoms with Crippen LogP contribution in [0.15, 0.2) is 0 Å². The number of nitrogens with one attached hydrogen (secondary N) is 1. The van der Waals surface area contributed by atoms with Crippen molar-refractivity contribution >= 4 is 17.8 Å². The first kappa shape index (κ1) is 43.4. The molecule has 7 heteroatoms. The molecule has 45 heavy (non-hydrogen) atoms. The first-order valence-corrected chi connectivity index (χ1v) is 19.4. The van der Waals surface area contributed by atoms with Crippen LogP contribution in [0.25, 0.3) is 0 Å². The minimum absolute atomic E-state index is 0.0220. The summed E-state index contributed by atoms with van der Waals surface area (Å²) in [5, 5.41) is 11.9. The topological polar surface area (TPSA) is 119 Å². The lowest BCUT2D eigenvalue weighted by molar-refractivity contribution is -0.150. The van der Waals surface area contributed by atoms with Gasteiger partial charge in [0.1, 0.15) is 12.1 Å². The molecule has 0 aromatic rings. The highest BCUT2D eigenvalue weighted by atomic mass is 16.5. The molecule has 0 spiro atoms. The largest absolute Gasteiger partial charge is 0.480 e. The van der Waals surface area contributed by atoms with Crippen LogP contribution in [0.5, 0.6) is 0 Å². The summed E-state index contributed by atoms with van der Waals surface area (Å²) >= 11 is 0. The zero-order valence-corrected chi connectivity index (χ0v) is 29.7. The number of hydrogen-bond acceptors (Lipinski definition) is 5. The van der Waals surface area contributed by atoms with Gasteiger partial charge in [0.25, 0.3) is 0 Å². The fourth-order valence-electron chi connectivity index (χ4n) is 5.98. The summed E-state index contributed by atoms with van der Waals surface area (Å²) in [7, 11) is 0. The average molecular weight is 639 g/mol. The van der Waals surface area contributed by atoms with Crippen LogP contribution in [-0.4, -0.2) is 41.6 Å². The monoisotopic (exact) mass is 639 g/mol. The van der Waals surface area contributed by atoms with Gasteiger partial charge in [-0.1, -0.05) is 142 Å². The minimum Gasteiger partial charge on any atom is -0.480 e. The molecule has 0 aromatic carbocycles. The minimum atomic E-state index is -1.00. The van der Waals surface area contributed by atoms with Gasteiger partial charge in [0.2, 0.25) is 5.91 Å². The highest BCUT2D eigenvalue weighted by Crippen LogP contribution is 2.19. The summed E-state index contributed by atoms with van der Waals surface area (Å²) in [5.74, 6) is -1.22. The molecule has 1 amide bonds. The second-order valence-electron chi connectivity index (χ2n) is 13.4. The lowest BCUT2D eigenvalue weighted by atomic mass is 10.0. The van der Waals surface area contributed by atoms with Crippen LogP contribution in [0.1, 0.15) is 206 Å². The number of nitrogens with two attached hydrogens (primary N) is 1. The smallest absolute Gasteiger partial charge is 0.326 e. The third-order valence-electron chi connectivity index (χ3n) is 8.92. The number of carboxylic acids is 1. The number of rotatable bonds is 35. The highest BCUT2D eigenvalue weighted by molar-refractivity contribution is 5.83. The zero-order chi connectivity index (χ0) is 33.2. The summed E-state index contributed by atoms with van der Waals surface area (Å²) in [6, 6.07) is -0.850. The fraction of sp³-hybridized carbons (Fsp3) is 0.921. The maximum Gasteiger partial charge on any atom is 0.326 e. The number of unbranched alkanes of at least 4 members (excludes halogenated alkanes) is 21. The van der Waals surface area contributed by atoms with Crippen LogP contribution in [0.4, 0.5) is 0 Å². The standard InChI is InChI=1S/C38H74N2O5/c1-3-5-7-9-11-12-13-14-15-16-17-22-26-32-37(42)45-34(28-23-19-10-8-6-4-2)29-24-20-18-21-25-31-36(41)40-35(38(43)44)30-27-33-39/h34-35H,3-33,39H2,1-2H3,(H,40,41)(H,43,44). The van der Waals surface area contributed by atoms with Gasteiger partial charge in [-0.15, -0.1) is 0 Å². The van der Waals surface area contributed by atoms with Crippen LogP contribution >= 0.6 is 0 Å². The van der Waals surface area contributed by atoms with Crippen molar-refractivity contribution in [2.75, 3.05) is 6.54 Å². The third-order valence-corrected chi connectivity index (χ3v) is 8.92. The van der Waals surface area contributed by atoms with Gasteiger partial charge in [0.05, 0.1) is 0 Å². The Hall–Kier alpha value is -1.63. The van der Waals surface area contributed by atoms with Gasteiger partial charge in [-0.3, -0.25) is 9.59 Å². The Bertz CT molecular complexity index is 687. The molecule has 0 saturated heterocycles. The molecule has 0 aromatic heterocycles. The van der Waals surface area contributed by atoms with E-state index in [2.05, 4.69) is 19.2 Å². The van der Waals surface area contributed by atoms with Crippen molar-refractivity contribution in [3.8, 4) is 0 Å². The number of esters is 1. The summed E-state index contributed by atoms with van der Waals surface area (Å²) in [6.07, 6.45) is 32.9. The lowest BCUT2D eigenvalue weighted by Gasteiger charge is -2.18. The predicted molar refractivity (Wildman–Crippen MR) is 188 cm³/mol. The van der Waals surface area contributed by atoms with E-state index >= 15 is 0 Å². The molecule has 0 bridgehead atoms. The molecule has 7 nitrogen and oxygen atoms in total. The summed E-state index contributed by atoms with van der Waals surface area (Å²) < 4.78 is 5.98. The first-order valence-electron chi connectivity index (χ1n) is 19.4. The van der Waals surface area contributed by atoms with E-state index in [-0.39, 0.29) is 18.0 Å². The number of hydrogen-bond donors (Lipinski definition) is 3. The Kier molecular flexibility index (Phi) is 32.5. The van der Waals surface area contributed by atoms with Crippen molar-refractivity contribution in [1.82, 2.24) is 5.32 Å². The Morgan fingerprint density at radius 1 is 0.556 bits per heavy atom. The van der Waals surface area contributed by atoms with E-state index in [4.69, 9.17) is 10.5 Å². The van der Waals surface area contributed by atoms with Gasteiger partial charge in [-0.2, -0.15) is 0 Å². The van der Waals surface area contributed by atoms with E-state index in [1.807, 2.05) is 0 Å². The van der Waals surface area contributed by atoms with Crippen LogP contribution in [0.3, 0.4) is 0 Å². The number of carbonyl (C=O) groups excluding carboxylic acids is 2. The quantitative estimate of drug-likeness (QED) is 0.0469. The summed E-state index contributed by atoms with van der Waals surface area (Å²) in [6.45, 7) is 4.92. The summed E-state index contributed by atoms with van der Waals surface area (Å²) in [5.41, 5.74) is 5.46. The van der Waals surface area contributed by atoms with Crippen molar-refractivity contribution in [3.05, 3.63) is 0 Å². The molecule has 0 fully saturated rings. The molecular formula is C38H74N2O5. The molecule has 0 radical (unpaired) electrons. The molecular weight excluding hydrogens is 564 g/mol. The molecule has 0 rings (SSSR count). The Morgan fingerprint density at radius 3 is 1.38 bits per heavy atom. The fourth-order valence-corrected chi connectivity index (χ4v) is 5.98. The molecule has 4 N–H and O–H groups in total. The molecule has 266 valence electrons. The van der Waals surface area contributed by atoms with Crippen LogP contribution in [0.2, 0.25) is 0 Å². The Morgan fingerprint density at radius 2 is 0.956 bits per heavy atom. The van der Waals surface area contributed by atoms with Gasteiger partial charge >= 0.3 is 11.9 Å². The molecule has 2 atom stereocenters. The predicted octanol–water partition coefficient (Wildman–Crippen LogP) is 10.2. The van der Waals surface area contributed by atoms with Crippen molar-refractivity contribution < 1.29 is 24.2 Å². The molecule has 2 unspecified atom stereocenters. The van der Waals surface area contributed by atoms with E-state index in [1.54, 1.807) is 0 Å². The van der Waals surface area contributed by atoms with Gasteiger partial charge in [0.15, 0.2) is 0 Å². The number of carboxylic acid groups (broad SMARTS) is 1. The molecule has 0 saturated carbocycles. The van der Waals surface area contributed by atoms with Crippen molar-refractivity contribution in [2.45, 2.75) is 219 Å². The second-order valence-corrected chi connectivity index (χ2v) is 13.4. The number of ether oxygens (including phenoxy) is 1.